The van der Waals surface area contributed by atoms with Gasteiger partial charge in [0.25, 0.3) is 0 Å². The maximum Gasteiger partial charge on any atom is 0.0965 e. The Kier molecular flexibility index (Phi) is 2.26. The smallest absolute Gasteiger partial charge is 0.0965 e. The first kappa shape index (κ1) is 7.79. The molecule has 2 heteroatoms. The van der Waals surface area contributed by atoms with Gasteiger partial charge in [-0.05, 0) is 25.5 Å². The molecule has 1 aromatic carbocycles. The molecule has 0 unspecified atom stereocenters. The first-order chi connectivity index (χ1) is 5.20. The molecular weight excluding hydrogens is 136 g/mol. The van der Waals surface area contributed by atoms with Gasteiger partial charge < -0.3 is 5.73 Å². The second-order valence-electron chi connectivity index (χ2n) is 2.54. The zero-order valence-electron chi connectivity index (χ0n) is 6.83. The third-order valence-corrected chi connectivity index (χ3v) is 1.41. The van der Waals surface area contributed by atoms with Gasteiger partial charge in [0, 0.05) is 0 Å². The van der Waals surface area contributed by atoms with Crippen molar-refractivity contribution in [1.29, 1.82) is 0 Å². The lowest BCUT2D eigenvalue weighted by atomic mass is 10.2. The predicted octanol–water partition coefficient (Wildman–Crippen LogP) is 2.00. The minimum atomic E-state index is 0.597. The van der Waals surface area contributed by atoms with E-state index >= 15 is 0 Å². The van der Waals surface area contributed by atoms with Crippen LogP contribution in [0.2, 0.25) is 0 Å². The van der Waals surface area contributed by atoms with E-state index in [1.807, 2.05) is 31.2 Å². The summed E-state index contributed by atoms with van der Waals surface area (Å²) < 4.78 is 0. The number of nitrogens with zero attached hydrogens (tertiary/aromatic N) is 1. The average Bonchev–Trinajstić information content (AvgIpc) is 1.93. The Labute approximate surface area is 66.8 Å². The van der Waals surface area contributed by atoms with Crippen molar-refractivity contribution in [3.8, 4) is 0 Å². The number of amidine groups is 1. The van der Waals surface area contributed by atoms with Crippen molar-refractivity contribution < 1.29 is 0 Å². The molecule has 0 saturated carbocycles. The molecule has 0 saturated heterocycles. The SMILES string of the molecule is C/C(N)=N/c1ccccc1C. The summed E-state index contributed by atoms with van der Waals surface area (Å²) >= 11 is 0. The molecule has 1 aromatic rings. The molecule has 58 valence electrons. The summed E-state index contributed by atoms with van der Waals surface area (Å²) in [6.07, 6.45) is 0. The van der Waals surface area contributed by atoms with Gasteiger partial charge in [0.05, 0.1) is 11.5 Å². The van der Waals surface area contributed by atoms with Crippen LogP contribution in [0.25, 0.3) is 0 Å². The van der Waals surface area contributed by atoms with E-state index in [1.54, 1.807) is 6.92 Å². The summed E-state index contributed by atoms with van der Waals surface area (Å²) in [6.45, 7) is 3.80. The molecule has 0 radical (unpaired) electrons. The highest BCUT2D eigenvalue weighted by atomic mass is 14.8. The fourth-order valence-corrected chi connectivity index (χ4v) is 0.879. The molecule has 0 atom stereocenters. The van der Waals surface area contributed by atoms with Gasteiger partial charge in [0.1, 0.15) is 0 Å². The van der Waals surface area contributed by atoms with Crippen LogP contribution in [-0.4, -0.2) is 5.84 Å². The zero-order valence-corrected chi connectivity index (χ0v) is 6.83. The van der Waals surface area contributed by atoms with Crippen LogP contribution in [-0.2, 0) is 0 Å². The van der Waals surface area contributed by atoms with E-state index in [4.69, 9.17) is 5.73 Å². The molecule has 2 N–H and O–H groups in total. The van der Waals surface area contributed by atoms with Crippen LogP contribution in [0.5, 0.6) is 0 Å². The number of para-hydroxylation sites is 1. The quantitative estimate of drug-likeness (QED) is 0.480. The van der Waals surface area contributed by atoms with Crippen LogP contribution in [0.1, 0.15) is 12.5 Å². The van der Waals surface area contributed by atoms with Gasteiger partial charge in [-0.2, -0.15) is 0 Å². The zero-order chi connectivity index (χ0) is 8.27. The maximum atomic E-state index is 5.44. The van der Waals surface area contributed by atoms with Gasteiger partial charge in [-0.25, -0.2) is 4.99 Å². The average molecular weight is 148 g/mol. The minimum absolute atomic E-state index is 0.597. The van der Waals surface area contributed by atoms with Gasteiger partial charge in [0.2, 0.25) is 0 Å². The van der Waals surface area contributed by atoms with Crippen LogP contribution >= 0.6 is 0 Å². The molecule has 0 aromatic heterocycles. The highest BCUT2D eigenvalue weighted by Gasteiger charge is 1.91. The summed E-state index contributed by atoms with van der Waals surface area (Å²) in [6, 6.07) is 7.91. The van der Waals surface area contributed by atoms with Gasteiger partial charge in [-0.1, -0.05) is 18.2 Å². The number of aliphatic imine (C=N–C) groups is 1. The Morgan fingerprint density at radius 2 is 2.00 bits per heavy atom. The number of hydrogen-bond donors (Lipinski definition) is 1. The summed E-state index contributed by atoms with van der Waals surface area (Å²) in [5.74, 6) is 0.597. The summed E-state index contributed by atoms with van der Waals surface area (Å²) in [7, 11) is 0. The molecule has 0 spiro atoms. The maximum absolute atomic E-state index is 5.44. The van der Waals surface area contributed by atoms with Gasteiger partial charge in [-0.15, -0.1) is 0 Å². The Morgan fingerprint density at radius 1 is 1.36 bits per heavy atom. The first-order valence-electron chi connectivity index (χ1n) is 3.56. The van der Waals surface area contributed by atoms with Crippen LogP contribution in [0, 0.1) is 6.92 Å². The normalized spacial score (nSPS) is 11.6. The Hall–Kier alpha value is -1.31. The lowest BCUT2D eigenvalue weighted by molar-refractivity contribution is 1.37. The molecular formula is C9H12N2. The number of benzene rings is 1. The van der Waals surface area contributed by atoms with Crippen LogP contribution < -0.4 is 5.73 Å². The molecule has 0 aliphatic heterocycles. The second-order valence-corrected chi connectivity index (χ2v) is 2.54. The fraction of sp³-hybridized carbons (Fsp3) is 0.222. The molecule has 1 rings (SSSR count). The molecule has 0 aliphatic rings. The lowest BCUT2D eigenvalue weighted by Gasteiger charge is -1.98. The highest BCUT2D eigenvalue weighted by Crippen LogP contribution is 2.16. The summed E-state index contributed by atoms with van der Waals surface area (Å²) in [5, 5.41) is 0. The Morgan fingerprint density at radius 3 is 2.55 bits per heavy atom. The van der Waals surface area contributed by atoms with E-state index in [1.165, 1.54) is 0 Å². The van der Waals surface area contributed by atoms with E-state index in [2.05, 4.69) is 4.99 Å². The van der Waals surface area contributed by atoms with E-state index in [-0.39, 0.29) is 0 Å². The minimum Gasteiger partial charge on any atom is -0.387 e. The molecule has 0 amide bonds. The topological polar surface area (TPSA) is 38.4 Å². The van der Waals surface area contributed by atoms with Crippen molar-refractivity contribution in [2.45, 2.75) is 13.8 Å². The first-order valence-corrected chi connectivity index (χ1v) is 3.56. The molecule has 0 heterocycles. The van der Waals surface area contributed by atoms with Crippen molar-refractivity contribution in [1.82, 2.24) is 0 Å². The largest absolute Gasteiger partial charge is 0.387 e. The molecule has 0 bridgehead atoms. The van der Waals surface area contributed by atoms with Crippen LogP contribution in [0.4, 0.5) is 5.69 Å². The fourth-order valence-electron chi connectivity index (χ4n) is 0.879. The van der Waals surface area contributed by atoms with Gasteiger partial charge in [-0.3, -0.25) is 0 Å². The Balaban J connectivity index is 3.04. The number of aryl methyl sites for hydroxylation is 1. The van der Waals surface area contributed by atoms with Crippen LogP contribution in [0.15, 0.2) is 29.3 Å². The van der Waals surface area contributed by atoms with E-state index < -0.39 is 0 Å². The predicted molar refractivity (Wildman–Crippen MR) is 48.1 cm³/mol. The van der Waals surface area contributed by atoms with E-state index in [9.17, 15) is 0 Å². The second kappa shape index (κ2) is 3.19. The molecule has 0 fully saturated rings. The van der Waals surface area contributed by atoms with Crippen molar-refractivity contribution >= 4 is 11.5 Å². The van der Waals surface area contributed by atoms with Crippen LogP contribution in [0.3, 0.4) is 0 Å². The van der Waals surface area contributed by atoms with Crippen molar-refractivity contribution in [3.63, 3.8) is 0 Å². The number of hydrogen-bond acceptors (Lipinski definition) is 1. The third kappa shape index (κ3) is 2.08. The van der Waals surface area contributed by atoms with Crippen molar-refractivity contribution in [2.75, 3.05) is 0 Å². The highest BCUT2D eigenvalue weighted by molar-refractivity contribution is 5.80. The molecule has 2 nitrogen and oxygen atoms in total. The van der Waals surface area contributed by atoms with Crippen molar-refractivity contribution in [2.24, 2.45) is 10.7 Å². The lowest BCUT2D eigenvalue weighted by Crippen LogP contribution is -2.03. The summed E-state index contributed by atoms with van der Waals surface area (Å²) in [4.78, 5) is 4.15. The van der Waals surface area contributed by atoms with Crippen molar-refractivity contribution in [3.05, 3.63) is 29.8 Å². The molecule has 11 heavy (non-hydrogen) atoms. The van der Waals surface area contributed by atoms with E-state index in [0.717, 1.165) is 11.3 Å². The Bertz CT molecular complexity index is 273. The molecule has 0 aliphatic carbocycles. The third-order valence-electron chi connectivity index (χ3n) is 1.41. The van der Waals surface area contributed by atoms with Gasteiger partial charge in [0.15, 0.2) is 0 Å². The number of rotatable bonds is 1. The standard InChI is InChI=1S/C9H12N2/c1-7-5-3-4-6-9(7)11-8(2)10/h3-6H,1-2H3,(H2,10,11). The number of nitrogens with two attached hydrogens (primary N) is 1. The van der Waals surface area contributed by atoms with E-state index in [0.29, 0.717) is 5.84 Å². The van der Waals surface area contributed by atoms with Gasteiger partial charge >= 0.3 is 0 Å². The summed E-state index contributed by atoms with van der Waals surface area (Å²) in [5.41, 5.74) is 7.54. The monoisotopic (exact) mass is 148 g/mol.